The van der Waals surface area contributed by atoms with Crippen LogP contribution in [0.15, 0.2) is 24.4 Å². The summed E-state index contributed by atoms with van der Waals surface area (Å²) in [5.74, 6) is 0.562. The van der Waals surface area contributed by atoms with Crippen LogP contribution in [-0.2, 0) is 16.4 Å². The molecule has 0 saturated heterocycles. The maximum Gasteiger partial charge on any atom is 0.211 e. The Bertz CT molecular complexity index is 507. The third-order valence-corrected chi connectivity index (χ3v) is 5.84. The summed E-state index contributed by atoms with van der Waals surface area (Å²) in [6.45, 7) is 0.562. The zero-order chi connectivity index (χ0) is 14.4. The molecule has 1 aliphatic rings. The highest BCUT2D eigenvalue weighted by Gasteiger charge is 2.21. The molecule has 6 heteroatoms. The van der Waals surface area contributed by atoms with Crippen LogP contribution in [0.1, 0.15) is 31.4 Å². The van der Waals surface area contributed by atoms with Gasteiger partial charge in [0, 0.05) is 29.7 Å². The van der Waals surface area contributed by atoms with Crippen molar-refractivity contribution in [2.24, 2.45) is 5.92 Å². The average molecular weight is 361 g/mol. The smallest absolute Gasteiger partial charge is 0.211 e. The molecular formula is C14H21BrN2O2S. The number of halogens is 1. The number of hydrogen-bond acceptors (Lipinski definition) is 3. The molecule has 1 saturated carbocycles. The Kier molecular flexibility index (Phi) is 5.99. The lowest BCUT2D eigenvalue weighted by Crippen LogP contribution is -2.34. The van der Waals surface area contributed by atoms with Gasteiger partial charge in [0.1, 0.15) is 0 Å². The van der Waals surface area contributed by atoms with Gasteiger partial charge in [-0.2, -0.15) is 0 Å². The maximum absolute atomic E-state index is 12.0. The first-order valence-electron chi connectivity index (χ1n) is 7.06. The number of nitrogens with zero attached hydrogens (tertiary/aromatic N) is 1. The van der Waals surface area contributed by atoms with Gasteiger partial charge in [-0.05, 0) is 37.3 Å². The summed E-state index contributed by atoms with van der Waals surface area (Å²) in [4.78, 5) is 4.68. The molecule has 1 aromatic heterocycles. The summed E-state index contributed by atoms with van der Waals surface area (Å²) >= 11 is 3.62. The van der Waals surface area contributed by atoms with Gasteiger partial charge in [-0.3, -0.25) is 4.98 Å². The molecule has 1 aliphatic carbocycles. The fourth-order valence-corrected chi connectivity index (χ4v) is 4.48. The fraction of sp³-hybridized carbons (Fsp3) is 0.643. The molecule has 0 radical (unpaired) electrons. The number of sulfonamides is 1. The Hall–Kier alpha value is -0.460. The van der Waals surface area contributed by atoms with Crippen molar-refractivity contribution in [3.63, 3.8) is 0 Å². The van der Waals surface area contributed by atoms with Gasteiger partial charge in [-0.25, -0.2) is 13.1 Å². The Balaban J connectivity index is 1.76. The first-order chi connectivity index (χ1) is 9.55. The van der Waals surface area contributed by atoms with E-state index in [0.717, 1.165) is 18.5 Å². The molecule has 0 bridgehead atoms. The predicted octanol–water partition coefficient (Wildman–Crippen LogP) is 2.50. The molecule has 2 atom stereocenters. The van der Waals surface area contributed by atoms with Crippen LogP contribution in [0, 0.1) is 5.92 Å². The number of pyridine rings is 1. The van der Waals surface area contributed by atoms with Crippen molar-refractivity contribution in [2.75, 3.05) is 12.3 Å². The second-order valence-electron chi connectivity index (χ2n) is 5.37. The zero-order valence-electron chi connectivity index (χ0n) is 11.5. The summed E-state index contributed by atoms with van der Waals surface area (Å²) in [6.07, 6.45) is 6.70. The van der Waals surface area contributed by atoms with E-state index in [1.165, 1.54) is 12.8 Å². The lowest BCUT2D eigenvalue weighted by Gasteiger charge is -2.25. The Morgan fingerprint density at radius 3 is 2.90 bits per heavy atom. The molecule has 1 heterocycles. The van der Waals surface area contributed by atoms with E-state index >= 15 is 0 Å². The van der Waals surface area contributed by atoms with E-state index in [9.17, 15) is 8.42 Å². The molecule has 0 aliphatic heterocycles. The molecule has 0 aromatic carbocycles. The van der Waals surface area contributed by atoms with Crippen LogP contribution in [0.25, 0.3) is 0 Å². The second kappa shape index (κ2) is 7.52. The molecule has 1 N–H and O–H groups in total. The van der Waals surface area contributed by atoms with Gasteiger partial charge in [0.2, 0.25) is 10.0 Å². The van der Waals surface area contributed by atoms with E-state index in [0.29, 0.717) is 23.7 Å². The van der Waals surface area contributed by atoms with Crippen LogP contribution in [-0.4, -0.2) is 30.5 Å². The second-order valence-corrected chi connectivity index (χ2v) is 8.59. The molecule has 2 rings (SSSR count). The number of alkyl halides is 1. The first kappa shape index (κ1) is 15.9. The van der Waals surface area contributed by atoms with E-state index < -0.39 is 10.0 Å². The van der Waals surface area contributed by atoms with Gasteiger partial charge >= 0.3 is 0 Å². The van der Waals surface area contributed by atoms with E-state index in [2.05, 4.69) is 25.6 Å². The molecule has 112 valence electrons. The third kappa shape index (κ3) is 5.50. The van der Waals surface area contributed by atoms with Gasteiger partial charge in [-0.1, -0.05) is 28.4 Å². The number of nitrogens with one attached hydrogen (secondary N) is 1. The molecule has 0 spiro atoms. The SMILES string of the molecule is O=S(=O)(CCc1ccccn1)NCC1CCCC(Br)C1. The zero-order valence-corrected chi connectivity index (χ0v) is 13.9. The van der Waals surface area contributed by atoms with Crippen molar-refractivity contribution in [3.8, 4) is 0 Å². The lowest BCUT2D eigenvalue weighted by molar-refractivity contribution is 0.368. The summed E-state index contributed by atoms with van der Waals surface area (Å²) in [5, 5.41) is 0. The monoisotopic (exact) mass is 360 g/mol. The van der Waals surface area contributed by atoms with E-state index in [-0.39, 0.29) is 5.75 Å². The molecule has 20 heavy (non-hydrogen) atoms. The van der Waals surface area contributed by atoms with Gasteiger partial charge in [0.25, 0.3) is 0 Å². The number of rotatable bonds is 6. The molecular weight excluding hydrogens is 340 g/mol. The van der Waals surface area contributed by atoms with Crippen molar-refractivity contribution in [3.05, 3.63) is 30.1 Å². The van der Waals surface area contributed by atoms with Crippen LogP contribution >= 0.6 is 15.9 Å². The molecule has 1 fully saturated rings. The summed E-state index contributed by atoms with van der Waals surface area (Å²) in [7, 11) is -3.20. The first-order valence-corrected chi connectivity index (χ1v) is 9.63. The predicted molar refractivity (Wildman–Crippen MR) is 84.4 cm³/mol. The van der Waals surface area contributed by atoms with E-state index in [1.807, 2.05) is 18.2 Å². The van der Waals surface area contributed by atoms with Gasteiger partial charge in [-0.15, -0.1) is 0 Å². The minimum Gasteiger partial charge on any atom is -0.261 e. The lowest BCUT2D eigenvalue weighted by atomic mass is 9.89. The summed E-state index contributed by atoms with van der Waals surface area (Å²) in [5.41, 5.74) is 0.816. The molecule has 1 aromatic rings. The average Bonchev–Trinajstić information content (AvgIpc) is 2.45. The molecule has 0 amide bonds. The highest BCUT2D eigenvalue weighted by atomic mass is 79.9. The number of aromatic nitrogens is 1. The third-order valence-electron chi connectivity index (χ3n) is 3.66. The topological polar surface area (TPSA) is 59.1 Å². The number of aryl methyl sites for hydroxylation is 1. The normalized spacial score (nSPS) is 23.6. The quantitative estimate of drug-likeness (QED) is 0.792. The van der Waals surface area contributed by atoms with Crippen LogP contribution in [0.3, 0.4) is 0 Å². The van der Waals surface area contributed by atoms with Gasteiger partial charge in [0.15, 0.2) is 0 Å². The Labute approximate surface area is 129 Å². The minimum absolute atomic E-state index is 0.106. The Morgan fingerprint density at radius 1 is 1.35 bits per heavy atom. The fourth-order valence-electron chi connectivity index (χ4n) is 2.51. The largest absolute Gasteiger partial charge is 0.261 e. The van der Waals surface area contributed by atoms with Gasteiger partial charge in [0.05, 0.1) is 5.75 Å². The summed E-state index contributed by atoms with van der Waals surface area (Å²) in [6, 6.07) is 5.56. The van der Waals surface area contributed by atoms with Crippen molar-refractivity contribution in [1.29, 1.82) is 0 Å². The highest BCUT2D eigenvalue weighted by molar-refractivity contribution is 9.09. The van der Waals surface area contributed by atoms with Crippen LogP contribution < -0.4 is 4.72 Å². The van der Waals surface area contributed by atoms with Gasteiger partial charge < -0.3 is 0 Å². The molecule has 4 nitrogen and oxygen atoms in total. The van der Waals surface area contributed by atoms with E-state index in [1.54, 1.807) is 6.20 Å². The van der Waals surface area contributed by atoms with Crippen molar-refractivity contribution in [1.82, 2.24) is 9.71 Å². The maximum atomic E-state index is 12.0. The van der Waals surface area contributed by atoms with Crippen LogP contribution in [0.2, 0.25) is 0 Å². The van der Waals surface area contributed by atoms with Crippen molar-refractivity contribution in [2.45, 2.75) is 36.9 Å². The summed E-state index contributed by atoms with van der Waals surface area (Å²) < 4.78 is 26.7. The van der Waals surface area contributed by atoms with E-state index in [4.69, 9.17) is 0 Å². The standard InChI is InChI=1S/C14H21BrN2O2S/c15-13-5-3-4-12(10-13)11-17-20(18,19)9-7-14-6-1-2-8-16-14/h1-2,6,8,12-13,17H,3-5,7,9-11H2. The highest BCUT2D eigenvalue weighted by Crippen LogP contribution is 2.28. The number of hydrogen-bond donors (Lipinski definition) is 1. The molecule has 2 unspecified atom stereocenters. The minimum atomic E-state index is -3.20. The van der Waals surface area contributed by atoms with Crippen molar-refractivity contribution >= 4 is 26.0 Å². The van der Waals surface area contributed by atoms with Crippen molar-refractivity contribution < 1.29 is 8.42 Å². The Morgan fingerprint density at radius 2 is 2.20 bits per heavy atom. The van der Waals surface area contributed by atoms with Crippen LogP contribution in [0.5, 0.6) is 0 Å². The van der Waals surface area contributed by atoms with Crippen LogP contribution in [0.4, 0.5) is 0 Å².